The number of alkyl halides is 2. The molecule has 3 N–H and O–H groups in total. The van der Waals surface area contributed by atoms with Crippen molar-refractivity contribution in [3.8, 4) is 0 Å². The van der Waals surface area contributed by atoms with Gasteiger partial charge in [0.2, 0.25) is 0 Å². The molecule has 1 aromatic carbocycles. The maximum atomic E-state index is 14.5. The largest absolute Gasteiger partial charge is 0.378 e. The number of anilines is 2. The molecule has 5 nitrogen and oxygen atoms in total. The molecule has 0 aliphatic carbocycles. The van der Waals surface area contributed by atoms with Gasteiger partial charge < -0.3 is 16.0 Å². The van der Waals surface area contributed by atoms with Crippen molar-refractivity contribution in [1.29, 1.82) is 0 Å². The number of hydrogen-bond acceptors (Lipinski definition) is 5. The standard InChI is InChI=1S/C21H22F3N5/c1-12(14-3-2-4-15(20(14)22)21(23)24)28-17-5-7-26-18-10-27-19(9-16(17)18)29-8-6-13(25)11-29/h2-5,7,9-10,12-13,21H,6,8,11,25H2,1H3,(H,26,28)/t12-,13-/m1/s1. The van der Waals surface area contributed by atoms with Crippen molar-refractivity contribution in [1.82, 2.24) is 9.97 Å². The van der Waals surface area contributed by atoms with Crippen LogP contribution >= 0.6 is 0 Å². The lowest BCUT2D eigenvalue weighted by Crippen LogP contribution is -2.26. The van der Waals surface area contributed by atoms with Gasteiger partial charge in [-0.05, 0) is 25.5 Å². The summed E-state index contributed by atoms with van der Waals surface area (Å²) < 4.78 is 40.6. The van der Waals surface area contributed by atoms with Crippen LogP contribution in [0.4, 0.5) is 24.7 Å². The molecule has 0 amide bonds. The SMILES string of the molecule is C[C@@H](Nc1ccnc2cnc(N3CC[C@@H](N)C3)cc12)c1cccc(C(F)F)c1F. The van der Waals surface area contributed by atoms with Crippen molar-refractivity contribution in [3.63, 3.8) is 0 Å². The number of pyridine rings is 2. The molecule has 1 aliphatic rings. The van der Waals surface area contributed by atoms with Crippen LogP contribution in [0.3, 0.4) is 0 Å². The topological polar surface area (TPSA) is 67.1 Å². The molecule has 0 bridgehead atoms. The molecule has 3 aromatic rings. The Hall–Kier alpha value is -2.87. The number of rotatable bonds is 5. The van der Waals surface area contributed by atoms with E-state index in [1.54, 1.807) is 25.4 Å². The van der Waals surface area contributed by atoms with Gasteiger partial charge in [-0.25, -0.2) is 18.2 Å². The Morgan fingerprint density at radius 2 is 2.00 bits per heavy atom. The number of aromatic nitrogens is 2. The average Bonchev–Trinajstić information content (AvgIpc) is 3.14. The highest BCUT2D eigenvalue weighted by Gasteiger charge is 2.22. The van der Waals surface area contributed by atoms with E-state index >= 15 is 0 Å². The Bertz CT molecular complexity index is 1030. The molecule has 3 heterocycles. The molecule has 0 saturated carbocycles. The van der Waals surface area contributed by atoms with Gasteiger partial charge in [-0.15, -0.1) is 0 Å². The number of nitrogens with one attached hydrogen (secondary N) is 1. The molecule has 1 saturated heterocycles. The number of benzene rings is 1. The summed E-state index contributed by atoms with van der Waals surface area (Å²) in [5, 5.41) is 4.07. The maximum absolute atomic E-state index is 14.5. The molecule has 1 aliphatic heterocycles. The minimum atomic E-state index is -2.86. The zero-order chi connectivity index (χ0) is 20.5. The number of nitrogens with two attached hydrogens (primary N) is 1. The molecule has 152 valence electrons. The molecule has 1 fully saturated rings. The average molecular weight is 401 g/mol. The first-order chi connectivity index (χ1) is 13.9. The Kier molecular flexibility index (Phi) is 5.27. The minimum absolute atomic E-state index is 0.129. The van der Waals surface area contributed by atoms with Crippen molar-refractivity contribution in [2.75, 3.05) is 23.3 Å². The van der Waals surface area contributed by atoms with Crippen molar-refractivity contribution in [3.05, 3.63) is 59.7 Å². The zero-order valence-corrected chi connectivity index (χ0v) is 15.9. The van der Waals surface area contributed by atoms with Crippen LogP contribution in [0, 0.1) is 5.82 Å². The number of halogens is 3. The van der Waals surface area contributed by atoms with Crippen molar-refractivity contribution in [2.45, 2.75) is 31.9 Å². The molecule has 29 heavy (non-hydrogen) atoms. The Balaban J connectivity index is 1.66. The second kappa shape index (κ2) is 7.87. The van der Waals surface area contributed by atoms with E-state index in [1.807, 2.05) is 6.07 Å². The molecule has 4 rings (SSSR count). The van der Waals surface area contributed by atoms with Crippen molar-refractivity contribution >= 4 is 22.4 Å². The molecular formula is C21H22F3N5. The summed E-state index contributed by atoms with van der Waals surface area (Å²) in [6.07, 6.45) is 1.39. The highest BCUT2D eigenvalue weighted by molar-refractivity contribution is 5.92. The van der Waals surface area contributed by atoms with E-state index in [0.29, 0.717) is 5.52 Å². The fourth-order valence-corrected chi connectivity index (χ4v) is 3.71. The molecule has 8 heteroatoms. The zero-order valence-electron chi connectivity index (χ0n) is 15.9. The van der Waals surface area contributed by atoms with Gasteiger partial charge in [-0.3, -0.25) is 4.98 Å². The second-order valence-corrected chi connectivity index (χ2v) is 7.33. The smallest absolute Gasteiger partial charge is 0.266 e. The van der Waals surface area contributed by atoms with E-state index in [9.17, 15) is 13.2 Å². The van der Waals surface area contributed by atoms with E-state index in [4.69, 9.17) is 5.73 Å². The van der Waals surface area contributed by atoms with Crippen LogP contribution in [0.15, 0.2) is 42.7 Å². The van der Waals surface area contributed by atoms with E-state index in [0.717, 1.165) is 42.5 Å². The lowest BCUT2D eigenvalue weighted by atomic mass is 10.0. The molecule has 0 spiro atoms. The Morgan fingerprint density at radius 3 is 2.72 bits per heavy atom. The lowest BCUT2D eigenvalue weighted by molar-refractivity contribution is 0.146. The number of fused-ring (bicyclic) bond motifs is 1. The Morgan fingerprint density at radius 1 is 1.21 bits per heavy atom. The predicted octanol–water partition coefficient (Wildman–Crippen LogP) is 4.42. The number of nitrogens with zero attached hydrogens (tertiary/aromatic N) is 3. The fourth-order valence-electron chi connectivity index (χ4n) is 3.71. The van der Waals surface area contributed by atoms with Gasteiger partial charge >= 0.3 is 0 Å². The van der Waals surface area contributed by atoms with Crippen LogP contribution < -0.4 is 16.0 Å². The highest BCUT2D eigenvalue weighted by atomic mass is 19.3. The van der Waals surface area contributed by atoms with Gasteiger partial charge in [-0.2, -0.15) is 0 Å². The second-order valence-electron chi connectivity index (χ2n) is 7.33. The fraction of sp³-hybridized carbons (Fsp3) is 0.333. The van der Waals surface area contributed by atoms with Crippen LogP contribution in [0.25, 0.3) is 10.9 Å². The van der Waals surface area contributed by atoms with Crippen molar-refractivity contribution < 1.29 is 13.2 Å². The van der Waals surface area contributed by atoms with Crippen LogP contribution in [0.1, 0.15) is 36.9 Å². The van der Waals surface area contributed by atoms with Crippen LogP contribution in [0.5, 0.6) is 0 Å². The van der Waals surface area contributed by atoms with Gasteiger partial charge in [0.05, 0.1) is 23.3 Å². The summed E-state index contributed by atoms with van der Waals surface area (Å²) in [5.41, 5.74) is 7.02. The molecule has 0 unspecified atom stereocenters. The monoisotopic (exact) mass is 401 g/mol. The molecule has 2 aromatic heterocycles. The third kappa shape index (κ3) is 3.85. The first kappa shape index (κ1) is 19.4. The van der Waals surface area contributed by atoms with Gasteiger partial charge in [0.15, 0.2) is 0 Å². The van der Waals surface area contributed by atoms with E-state index < -0.39 is 23.8 Å². The summed E-state index contributed by atoms with van der Waals surface area (Å²) in [6, 6.07) is 7.40. The first-order valence-electron chi connectivity index (χ1n) is 9.52. The van der Waals surface area contributed by atoms with E-state index in [2.05, 4.69) is 20.2 Å². The minimum Gasteiger partial charge on any atom is -0.378 e. The first-order valence-corrected chi connectivity index (χ1v) is 9.52. The Labute approximate surface area is 166 Å². The van der Waals surface area contributed by atoms with Gasteiger partial charge in [0.1, 0.15) is 11.6 Å². The molecule has 0 radical (unpaired) electrons. The summed E-state index contributed by atoms with van der Waals surface area (Å²) in [6.45, 7) is 3.32. The van der Waals surface area contributed by atoms with E-state index in [-0.39, 0.29) is 11.6 Å². The van der Waals surface area contributed by atoms with Gasteiger partial charge in [0.25, 0.3) is 6.43 Å². The predicted molar refractivity (Wildman–Crippen MR) is 108 cm³/mol. The molecule has 2 atom stereocenters. The van der Waals surface area contributed by atoms with Crippen LogP contribution in [-0.4, -0.2) is 29.1 Å². The normalized spacial score (nSPS) is 17.9. The third-order valence-electron chi connectivity index (χ3n) is 5.29. The third-order valence-corrected chi connectivity index (χ3v) is 5.29. The van der Waals surface area contributed by atoms with E-state index in [1.165, 1.54) is 12.1 Å². The summed E-state index contributed by atoms with van der Waals surface area (Å²) >= 11 is 0. The highest BCUT2D eigenvalue weighted by Crippen LogP contribution is 2.32. The van der Waals surface area contributed by atoms with Gasteiger partial charge in [-0.1, -0.05) is 18.2 Å². The van der Waals surface area contributed by atoms with Crippen molar-refractivity contribution in [2.24, 2.45) is 5.73 Å². The lowest BCUT2D eigenvalue weighted by Gasteiger charge is -2.20. The number of hydrogen-bond donors (Lipinski definition) is 2. The van der Waals surface area contributed by atoms with Crippen LogP contribution in [0.2, 0.25) is 0 Å². The maximum Gasteiger partial charge on any atom is 0.266 e. The summed E-state index contributed by atoms with van der Waals surface area (Å²) in [5.74, 6) is -0.0747. The van der Waals surface area contributed by atoms with Gasteiger partial charge in [0, 0.05) is 42.0 Å². The summed E-state index contributed by atoms with van der Waals surface area (Å²) in [7, 11) is 0. The van der Waals surface area contributed by atoms with Crippen LogP contribution in [-0.2, 0) is 0 Å². The summed E-state index contributed by atoms with van der Waals surface area (Å²) in [4.78, 5) is 10.9. The molecular weight excluding hydrogens is 379 g/mol. The quantitative estimate of drug-likeness (QED) is 0.663.